The Morgan fingerprint density at radius 3 is 2.50 bits per heavy atom. The van der Waals surface area contributed by atoms with Crippen LogP contribution in [-0.2, 0) is 27.7 Å². The van der Waals surface area contributed by atoms with E-state index >= 15 is 4.39 Å². The lowest BCUT2D eigenvalue weighted by atomic mass is 10.0. The smallest absolute Gasteiger partial charge is 0.304 e. The molecule has 192 valence electrons. The molecule has 1 aromatic heterocycles. The molecule has 0 saturated heterocycles. The van der Waals surface area contributed by atoms with Crippen LogP contribution in [0.2, 0.25) is 0 Å². The van der Waals surface area contributed by atoms with Crippen LogP contribution in [0, 0.1) is 11.6 Å². The van der Waals surface area contributed by atoms with E-state index in [0.29, 0.717) is 12.6 Å². The van der Waals surface area contributed by atoms with E-state index in [9.17, 15) is 22.4 Å². The van der Waals surface area contributed by atoms with Crippen LogP contribution in [0.3, 0.4) is 0 Å². The molecule has 1 heterocycles. The first-order valence-corrected chi connectivity index (χ1v) is 13.2. The molecule has 0 bridgehead atoms. The Balaban J connectivity index is 1.63. The predicted octanol–water partition coefficient (Wildman–Crippen LogP) is 1.54. The number of nitrogens with one attached hydrogen (secondary N) is 2. The van der Waals surface area contributed by atoms with Crippen LogP contribution >= 0.6 is 0 Å². The van der Waals surface area contributed by atoms with Crippen molar-refractivity contribution in [2.45, 2.75) is 50.1 Å². The number of benzene rings is 2. The molecule has 4 rings (SSSR count). The largest absolute Gasteiger partial charge is 0.310 e. The number of sulfone groups is 1. The van der Waals surface area contributed by atoms with Crippen molar-refractivity contribution in [3.63, 3.8) is 0 Å². The number of amides is 1. The fraction of sp³-hybridized carbons (Fsp3) is 0.375. The molecule has 9 nitrogen and oxygen atoms in total. The molecule has 2 aromatic carbocycles. The molecule has 36 heavy (non-hydrogen) atoms. The van der Waals surface area contributed by atoms with Gasteiger partial charge in [0.25, 0.3) is 5.56 Å². The second-order valence-electron chi connectivity index (χ2n) is 9.27. The van der Waals surface area contributed by atoms with Crippen molar-refractivity contribution in [3.8, 4) is 11.1 Å². The van der Waals surface area contributed by atoms with Crippen molar-refractivity contribution >= 4 is 26.6 Å². The minimum Gasteiger partial charge on any atom is -0.310 e. The van der Waals surface area contributed by atoms with Crippen molar-refractivity contribution in [2.24, 2.45) is 0 Å². The zero-order chi connectivity index (χ0) is 26.3. The van der Waals surface area contributed by atoms with Crippen molar-refractivity contribution in [1.29, 1.82) is 0 Å². The molecule has 1 amide bonds. The molecule has 0 unspecified atom stereocenters. The highest BCUT2D eigenvalue weighted by molar-refractivity contribution is 7.92. The summed E-state index contributed by atoms with van der Waals surface area (Å²) in [7, 11) is -3.92. The number of hydrogen-bond donors (Lipinski definition) is 2. The molecule has 0 aliphatic heterocycles. The van der Waals surface area contributed by atoms with E-state index < -0.39 is 37.7 Å². The average Bonchev–Trinajstić information content (AvgIpc) is 3.66. The van der Waals surface area contributed by atoms with Gasteiger partial charge in [0.15, 0.2) is 14.6 Å². The van der Waals surface area contributed by atoms with Crippen molar-refractivity contribution < 1.29 is 27.2 Å². The fourth-order valence-electron chi connectivity index (χ4n) is 3.91. The summed E-state index contributed by atoms with van der Waals surface area (Å²) in [5.41, 5.74) is 1.83. The fourth-order valence-corrected chi connectivity index (χ4v) is 4.76. The number of fused-ring (bicyclic) bond motifs is 1. The monoisotopic (exact) mass is 521 g/mol. The summed E-state index contributed by atoms with van der Waals surface area (Å²) in [6, 6.07) is 7.31. The summed E-state index contributed by atoms with van der Waals surface area (Å²) < 4.78 is 53.3. The summed E-state index contributed by atoms with van der Waals surface area (Å²) in [5.74, 6) is -2.43. The minimum atomic E-state index is -3.92. The van der Waals surface area contributed by atoms with Crippen LogP contribution in [0.1, 0.15) is 31.7 Å². The second kappa shape index (κ2) is 9.68. The number of halogens is 2. The highest BCUT2D eigenvalue weighted by atomic mass is 32.2. The third-order valence-corrected chi connectivity index (χ3v) is 8.68. The number of aryl methyl sites for hydroxylation is 1. The second-order valence-corrected chi connectivity index (χ2v) is 11.7. The van der Waals surface area contributed by atoms with E-state index in [2.05, 4.69) is 10.3 Å². The average molecular weight is 522 g/mol. The van der Waals surface area contributed by atoms with Crippen LogP contribution in [0.5, 0.6) is 0 Å². The highest BCUT2D eigenvalue weighted by Gasteiger charge is 2.44. The van der Waals surface area contributed by atoms with Gasteiger partial charge in [-0.2, -0.15) is 0 Å². The first-order valence-electron chi connectivity index (χ1n) is 11.3. The van der Waals surface area contributed by atoms with E-state index in [0.717, 1.165) is 41.6 Å². The molecule has 1 aliphatic carbocycles. The lowest BCUT2D eigenvalue weighted by molar-refractivity contribution is -0.131. The Labute approximate surface area is 206 Å². The Bertz CT molecular complexity index is 1500. The van der Waals surface area contributed by atoms with Gasteiger partial charge < -0.3 is 10.5 Å². The number of rotatable bonds is 9. The number of nitrogens with zero attached hydrogens (tertiary/aromatic N) is 2. The van der Waals surface area contributed by atoms with Crippen molar-refractivity contribution in [1.82, 2.24) is 20.3 Å². The maximum Gasteiger partial charge on any atom is 0.304 e. The van der Waals surface area contributed by atoms with Gasteiger partial charge in [0.1, 0.15) is 11.6 Å². The summed E-state index contributed by atoms with van der Waals surface area (Å²) in [6.07, 6.45) is 3.94. The molecule has 3 aromatic rings. The Kier molecular flexibility index (Phi) is 6.95. The molecule has 0 spiro atoms. The van der Waals surface area contributed by atoms with Gasteiger partial charge in [-0.05, 0) is 49.9 Å². The van der Waals surface area contributed by atoms with Crippen LogP contribution in [0.15, 0.2) is 41.5 Å². The minimum absolute atomic E-state index is 0.0388. The maximum absolute atomic E-state index is 15.0. The van der Waals surface area contributed by atoms with E-state index in [1.165, 1.54) is 25.1 Å². The van der Waals surface area contributed by atoms with Gasteiger partial charge in [0.2, 0.25) is 0 Å². The number of hydrogen-bond acceptors (Lipinski definition) is 6. The number of hydroxylamine groups is 1. The molecule has 1 aliphatic rings. The molecule has 1 fully saturated rings. The van der Waals surface area contributed by atoms with Gasteiger partial charge >= 0.3 is 5.91 Å². The van der Waals surface area contributed by atoms with Gasteiger partial charge in [-0.3, -0.25) is 14.2 Å². The van der Waals surface area contributed by atoms with Crippen LogP contribution < -0.4 is 16.4 Å². The first kappa shape index (κ1) is 25.9. The van der Waals surface area contributed by atoms with Crippen LogP contribution in [-0.4, -0.2) is 46.1 Å². The normalized spacial score (nSPS) is 15.6. The molecule has 4 N–H and O–H groups in total. The van der Waals surface area contributed by atoms with E-state index in [4.69, 9.17) is 5.21 Å². The standard InChI is InChI=1S/C24H26F2N4O5S/c1-24(23(32)29-33,36(2,34)35)7-8-30-13-28-21-11-17(20(26)10-18(21)22(30)31)16-6-3-14(9-19(16)25)12-27-15-4-5-15/h3,6,9-11,13,15,27,33H,4-5,7-8,12H2,1-2H3,(H,29,32)/p+1/t24-/m1/s1. The van der Waals surface area contributed by atoms with Gasteiger partial charge in [-0.1, -0.05) is 12.1 Å². The van der Waals surface area contributed by atoms with Gasteiger partial charge in [-0.25, -0.2) is 22.2 Å². The first-order chi connectivity index (χ1) is 16.9. The van der Waals surface area contributed by atoms with Crippen molar-refractivity contribution in [2.75, 3.05) is 6.26 Å². The Morgan fingerprint density at radius 1 is 1.19 bits per heavy atom. The third kappa shape index (κ3) is 5.01. The molecule has 1 saturated carbocycles. The molecule has 0 radical (unpaired) electrons. The summed E-state index contributed by atoms with van der Waals surface area (Å²) >= 11 is 0. The molecule has 1 atom stereocenters. The van der Waals surface area contributed by atoms with Crippen molar-refractivity contribution in [3.05, 3.63) is 64.2 Å². The number of carbonyl (C=O) groups is 1. The van der Waals surface area contributed by atoms with Crippen LogP contribution in [0.4, 0.5) is 8.78 Å². The predicted molar refractivity (Wildman–Crippen MR) is 131 cm³/mol. The number of carbonyl (C=O) groups excluding carboxylic acids is 1. The number of aromatic nitrogens is 2. The summed E-state index contributed by atoms with van der Waals surface area (Å²) in [6.45, 7) is 1.47. The van der Waals surface area contributed by atoms with Crippen LogP contribution in [0.25, 0.3) is 22.0 Å². The van der Waals surface area contributed by atoms with Gasteiger partial charge in [-0.15, -0.1) is 5.48 Å². The van der Waals surface area contributed by atoms with Gasteiger partial charge in [0, 0.05) is 36.5 Å². The van der Waals surface area contributed by atoms with E-state index in [1.54, 1.807) is 11.5 Å². The zero-order valence-corrected chi connectivity index (χ0v) is 20.6. The highest BCUT2D eigenvalue weighted by Crippen LogP contribution is 2.29. The van der Waals surface area contributed by atoms with E-state index in [1.807, 2.05) is 0 Å². The topological polar surface area (TPSA) is 133 Å². The zero-order valence-electron chi connectivity index (χ0n) is 19.8. The Morgan fingerprint density at radius 2 is 1.89 bits per heavy atom. The quantitative estimate of drug-likeness (QED) is 0.324. The lowest BCUT2D eigenvalue weighted by Gasteiger charge is -2.24. The van der Waals surface area contributed by atoms with E-state index in [-0.39, 0.29) is 35.0 Å². The molecular formula is C24H27F2N4O5S+. The third-order valence-electron chi connectivity index (χ3n) is 6.65. The molecule has 12 heteroatoms. The van der Waals surface area contributed by atoms with Gasteiger partial charge in [0.05, 0.1) is 17.2 Å². The molecular weight excluding hydrogens is 494 g/mol. The Hall–Kier alpha value is -3.22. The SMILES string of the molecule is C[C@@](CCn1cnc2cc(-c3ccc(CNC4CC4)cc3F)c(F)cc2c1=O)(C(=O)N[OH2+])S(C)(=O)=O. The maximum atomic E-state index is 15.0. The lowest BCUT2D eigenvalue weighted by Crippen LogP contribution is -2.50. The summed E-state index contributed by atoms with van der Waals surface area (Å²) in [4.78, 5) is 29.2. The summed E-state index contributed by atoms with van der Waals surface area (Å²) in [5, 5.41) is 10.3.